The summed E-state index contributed by atoms with van der Waals surface area (Å²) in [5.41, 5.74) is -0.613. The minimum atomic E-state index is -3.74. The molecule has 0 bridgehead atoms. The Labute approximate surface area is 185 Å². The summed E-state index contributed by atoms with van der Waals surface area (Å²) in [6.45, 7) is 5.40. The zero-order valence-electron chi connectivity index (χ0n) is 19.2. The molecule has 1 saturated carbocycles. The molecule has 0 saturated heterocycles. The van der Waals surface area contributed by atoms with Gasteiger partial charge in [-0.15, -0.1) is 0 Å². The number of nitrogens with zero attached hydrogens (tertiary/aromatic N) is 3. The first-order valence-electron chi connectivity index (χ1n) is 10.9. The van der Waals surface area contributed by atoms with Crippen molar-refractivity contribution in [3.8, 4) is 0 Å². The van der Waals surface area contributed by atoms with Crippen LogP contribution in [0.25, 0.3) is 0 Å². The van der Waals surface area contributed by atoms with Crippen LogP contribution in [0.1, 0.15) is 101 Å². The maximum Gasteiger partial charge on any atom is 0.308 e. The smallest absolute Gasteiger partial charge is 0.308 e. The van der Waals surface area contributed by atoms with Crippen LogP contribution in [0.15, 0.2) is 4.52 Å². The van der Waals surface area contributed by atoms with Crippen LogP contribution in [-0.2, 0) is 19.6 Å². The Hall–Kier alpha value is -1.97. The van der Waals surface area contributed by atoms with Crippen molar-refractivity contribution in [2.24, 2.45) is 5.92 Å². The first-order valence-corrected chi connectivity index (χ1v) is 12.8. The maximum absolute atomic E-state index is 12.4. The highest BCUT2D eigenvalue weighted by atomic mass is 32.2. The summed E-state index contributed by atoms with van der Waals surface area (Å²) >= 11 is 0. The number of aromatic nitrogens is 2. The molecule has 1 aromatic heterocycles. The summed E-state index contributed by atoms with van der Waals surface area (Å²) in [5.74, 6) is -1.13. The van der Waals surface area contributed by atoms with Crippen LogP contribution in [0.4, 0.5) is 0 Å². The van der Waals surface area contributed by atoms with Crippen molar-refractivity contribution in [2.75, 3.05) is 13.3 Å². The minimum Gasteiger partial charge on any atom is -0.460 e. The van der Waals surface area contributed by atoms with Gasteiger partial charge in [-0.25, -0.2) is 12.7 Å². The highest BCUT2D eigenvalue weighted by Gasteiger charge is 2.29. The van der Waals surface area contributed by atoms with E-state index in [-0.39, 0.29) is 24.1 Å². The second kappa shape index (κ2) is 10.6. The third-order valence-electron chi connectivity index (χ3n) is 5.49. The molecule has 1 unspecified atom stereocenters. The standard InChI is InChI=1S/C21H35N3O6S/c1-21(2,3)29-17(25)14-16(13-9-12-15-10-7-6-8-11-15)19-22-18(23-30-19)20(26)24(4)31(5,27)28/h15-16H,6-14H2,1-5H3. The van der Waals surface area contributed by atoms with Gasteiger partial charge in [0.15, 0.2) is 0 Å². The van der Waals surface area contributed by atoms with Crippen LogP contribution in [0.3, 0.4) is 0 Å². The van der Waals surface area contributed by atoms with Crippen LogP contribution in [-0.4, -0.2) is 53.6 Å². The van der Waals surface area contributed by atoms with Crippen LogP contribution < -0.4 is 0 Å². The molecule has 0 aromatic carbocycles. The van der Waals surface area contributed by atoms with Crippen molar-refractivity contribution in [2.45, 2.75) is 90.1 Å². The van der Waals surface area contributed by atoms with Gasteiger partial charge in [0.2, 0.25) is 15.9 Å². The lowest BCUT2D eigenvalue weighted by Crippen LogP contribution is -2.33. The van der Waals surface area contributed by atoms with E-state index in [4.69, 9.17) is 9.26 Å². The van der Waals surface area contributed by atoms with E-state index in [1.165, 1.54) is 32.1 Å². The lowest BCUT2D eigenvalue weighted by Gasteiger charge is -2.23. The molecule has 1 atom stereocenters. The average Bonchev–Trinajstić information content (AvgIpc) is 3.14. The Morgan fingerprint density at radius 1 is 1.23 bits per heavy atom. The molecule has 2 rings (SSSR count). The summed E-state index contributed by atoms with van der Waals surface area (Å²) in [6, 6.07) is 0. The molecular formula is C21H35N3O6S. The predicted molar refractivity (Wildman–Crippen MR) is 115 cm³/mol. The number of hydrogen-bond acceptors (Lipinski definition) is 8. The Morgan fingerprint density at radius 2 is 1.87 bits per heavy atom. The van der Waals surface area contributed by atoms with Gasteiger partial charge in [-0.05, 0) is 33.1 Å². The van der Waals surface area contributed by atoms with E-state index in [1.54, 1.807) is 20.8 Å². The Balaban J connectivity index is 2.10. The molecular weight excluding hydrogens is 422 g/mol. The van der Waals surface area contributed by atoms with Gasteiger partial charge in [-0.2, -0.15) is 4.98 Å². The highest BCUT2D eigenvalue weighted by Crippen LogP contribution is 2.31. The summed E-state index contributed by atoms with van der Waals surface area (Å²) in [5, 5.41) is 3.66. The lowest BCUT2D eigenvalue weighted by molar-refractivity contribution is -0.155. The molecule has 1 fully saturated rings. The number of rotatable bonds is 9. The molecule has 1 heterocycles. The van der Waals surface area contributed by atoms with E-state index >= 15 is 0 Å². The van der Waals surface area contributed by atoms with Crippen molar-refractivity contribution < 1.29 is 27.3 Å². The fourth-order valence-corrected chi connectivity index (χ4v) is 4.19. The van der Waals surface area contributed by atoms with Crippen LogP contribution in [0, 0.1) is 5.92 Å². The largest absolute Gasteiger partial charge is 0.460 e. The Kier molecular flexibility index (Phi) is 8.62. The topological polar surface area (TPSA) is 120 Å². The number of sulfonamides is 1. The fraction of sp³-hybridized carbons (Fsp3) is 0.810. The highest BCUT2D eigenvalue weighted by molar-refractivity contribution is 7.88. The Morgan fingerprint density at radius 3 is 2.45 bits per heavy atom. The zero-order valence-corrected chi connectivity index (χ0v) is 20.0. The van der Waals surface area contributed by atoms with E-state index < -0.39 is 27.4 Å². The third kappa shape index (κ3) is 8.23. The van der Waals surface area contributed by atoms with Crippen molar-refractivity contribution >= 4 is 21.9 Å². The zero-order chi connectivity index (χ0) is 23.2. The fourth-order valence-electron chi connectivity index (χ4n) is 3.81. The number of carbonyl (C=O) groups is 2. The molecule has 31 heavy (non-hydrogen) atoms. The van der Waals surface area contributed by atoms with Crippen LogP contribution in [0.5, 0.6) is 0 Å². The molecule has 9 nitrogen and oxygen atoms in total. The van der Waals surface area contributed by atoms with Gasteiger partial charge in [0.25, 0.3) is 5.82 Å². The Bertz CT molecular complexity index is 853. The van der Waals surface area contributed by atoms with Gasteiger partial charge in [-0.3, -0.25) is 9.59 Å². The number of esters is 1. The van der Waals surface area contributed by atoms with Gasteiger partial charge in [0.1, 0.15) is 5.60 Å². The van der Waals surface area contributed by atoms with Gasteiger partial charge >= 0.3 is 11.9 Å². The average molecular weight is 458 g/mol. The molecule has 1 aliphatic carbocycles. The molecule has 10 heteroatoms. The number of carbonyl (C=O) groups excluding carboxylic acids is 2. The van der Waals surface area contributed by atoms with E-state index in [0.717, 1.165) is 26.1 Å². The molecule has 0 N–H and O–H groups in total. The van der Waals surface area contributed by atoms with Crippen molar-refractivity contribution in [3.63, 3.8) is 0 Å². The summed E-state index contributed by atoms with van der Waals surface area (Å²) < 4.78 is 34.5. The van der Waals surface area contributed by atoms with E-state index in [2.05, 4.69) is 10.1 Å². The number of ether oxygens (including phenoxy) is 1. The lowest BCUT2D eigenvalue weighted by atomic mass is 9.84. The van der Waals surface area contributed by atoms with Gasteiger partial charge in [-0.1, -0.05) is 50.1 Å². The number of amides is 1. The van der Waals surface area contributed by atoms with Crippen LogP contribution >= 0.6 is 0 Å². The van der Waals surface area contributed by atoms with Crippen molar-refractivity contribution in [1.82, 2.24) is 14.4 Å². The molecule has 1 aliphatic rings. The molecule has 1 aromatic rings. The molecule has 0 radical (unpaired) electrons. The SMILES string of the molecule is CN(C(=O)c1noc(C(CCCC2CCCCC2)CC(=O)OC(C)(C)C)n1)S(C)(=O)=O. The minimum absolute atomic E-state index is 0.0552. The van der Waals surface area contributed by atoms with E-state index in [9.17, 15) is 18.0 Å². The summed E-state index contributed by atoms with van der Waals surface area (Å²) in [7, 11) is -2.60. The van der Waals surface area contributed by atoms with Gasteiger partial charge < -0.3 is 9.26 Å². The quantitative estimate of drug-likeness (QED) is 0.515. The normalized spacial score (nSPS) is 16.7. The predicted octanol–water partition coefficient (Wildman–Crippen LogP) is 3.67. The molecule has 1 amide bonds. The van der Waals surface area contributed by atoms with Gasteiger partial charge in [0, 0.05) is 13.0 Å². The van der Waals surface area contributed by atoms with Crippen molar-refractivity contribution in [1.29, 1.82) is 0 Å². The molecule has 0 aliphatic heterocycles. The first-order chi connectivity index (χ1) is 14.4. The first kappa shape index (κ1) is 25.3. The monoisotopic (exact) mass is 457 g/mol. The van der Waals surface area contributed by atoms with E-state index in [1.807, 2.05) is 0 Å². The van der Waals surface area contributed by atoms with Crippen LogP contribution in [0.2, 0.25) is 0 Å². The third-order valence-corrected chi connectivity index (χ3v) is 6.65. The van der Waals surface area contributed by atoms with Crippen molar-refractivity contribution in [3.05, 3.63) is 11.7 Å². The summed E-state index contributed by atoms with van der Waals surface area (Å²) in [6.07, 6.45) is 9.92. The molecule has 0 spiro atoms. The second-order valence-corrected chi connectivity index (χ2v) is 11.4. The van der Waals surface area contributed by atoms with E-state index in [0.29, 0.717) is 16.6 Å². The molecule has 176 valence electrons. The second-order valence-electron chi connectivity index (χ2n) is 9.41. The summed E-state index contributed by atoms with van der Waals surface area (Å²) in [4.78, 5) is 28.9. The van der Waals surface area contributed by atoms with Gasteiger partial charge in [0.05, 0.1) is 12.7 Å². The number of hydrogen-bond donors (Lipinski definition) is 0. The maximum atomic E-state index is 12.4.